The van der Waals surface area contributed by atoms with Crippen molar-refractivity contribution in [1.82, 2.24) is 10.2 Å². The Morgan fingerprint density at radius 2 is 2.22 bits per heavy atom. The van der Waals surface area contributed by atoms with Crippen molar-refractivity contribution in [3.63, 3.8) is 0 Å². The average Bonchev–Trinajstić information content (AvgIpc) is 2.46. The molecule has 1 aliphatic rings. The number of nitrogens with zero attached hydrogens (tertiary/aromatic N) is 1. The highest BCUT2D eigenvalue weighted by Crippen LogP contribution is 2.18. The van der Waals surface area contributed by atoms with Crippen LogP contribution >= 0.6 is 11.8 Å². The van der Waals surface area contributed by atoms with Gasteiger partial charge in [-0.25, -0.2) is 0 Å². The van der Waals surface area contributed by atoms with Gasteiger partial charge in [0.15, 0.2) is 0 Å². The second-order valence-corrected chi connectivity index (χ2v) is 5.66. The van der Waals surface area contributed by atoms with E-state index in [0.717, 1.165) is 30.8 Å². The molecular weight excluding hydrogens is 244 g/mol. The van der Waals surface area contributed by atoms with E-state index in [-0.39, 0.29) is 5.91 Å². The van der Waals surface area contributed by atoms with Gasteiger partial charge in [0.2, 0.25) is 5.91 Å². The van der Waals surface area contributed by atoms with Crippen LogP contribution in [-0.2, 0) is 4.79 Å². The number of carbonyl (C=O) groups is 1. The van der Waals surface area contributed by atoms with Gasteiger partial charge in [-0.3, -0.25) is 4.79 Å². The number of carbonyl (C=O) groups excluding carboxylic acids is 1. The normalized spacial score (nSPS) is 19.5. The van der Waals surface area contributed by atoms with E-state index in [9.17, 15) is 4.79 Å². The molecule has 1 amide bonds. The van der Waals surface area contributed by atoms with Crippen molar-refractivity contribution in [1.29, 1.82) is 0 Å². The molecule has 2 rings (SSSR count). The second kappa shape index (κ2) is 6.81. The molecule has 1 heterocycles. The van der Waals surface area contributed by atoms with Gasteiger partial charge in [-0.15, -0.1) is 11.8 Å². The molecule has 1 saturated heterocycles. The summed E-state index contributed by atoms with van der Waals surface area (Å²) in [5.74, 6) is 0.745. The van der Waals surface area contributed by atoms with E-state index in [1.807, 2.05) is 42.3 Å². The standard InChI is InChI=1S/C14H20N2OS/c1-16(12-6-5-9-15-10-12)14(17)11-18-13-7-3-2-4-8-13/h2-4,7-8,12,15H,5-6,9-11H2,1H3. The van der Waals surface area contributed by atoms with Crippen LogP contribution in [0.3, 0.4) is 0 Å². The van der Waals surface area contributed by atoms with Gasteiger partial charge in [0.25, 0.3) is 0 Å². The molecule has 0 aromatic heterocycles. The van der Waals surface area contributed by atoms with Gasteiger partial charge in [0, 0.05) is 24.5 Å². The van der Waals surface area contributed by atoms with Crippen LogP contribution in [0.25, 0.3) is 0 Å². The van der Waals surface area contributed by atoms with Gasteiger partial charge < -0.3 is 10.2 Å². The third kappa shape index (κ3) is 3.75. The number of piperidine rings is 1. The summed E-state index contributed by atoms with van der Waals surface area (Å²) in [5, 5.41) is 3.34. The highest BCUT2D eigenvalue weighted by molar-refractivity contribution is 8.00. The number of benzene rings is 1. The lowest BCUT2D eigenvalue weighted by Crippen LogP contribution is -2.47. The largest absolute Gasteiger partial charge is 0.341 e. The number of amides is 1. The first kappa shape index (κ1) is 13.4. The lowest BCUT2D eigenvalue weighted by atomic mass is 10.1. The summed E-state index contributed by atoms with van der Waals surface area (Å²) in [5.41, 5.74) is 0. The van der Waals surface area contributed by atoms with Crippen LogP contribution in [0.4, 0.5) is 0 Å². The summed E-state index contributed by atoms with van der Waals surface area (Å²) in [4.78, 5) is 15.2. The lowest BCUT2D eigenvalue weighted by Gasteiger charge is -2.31. The van der Waals surface area contributed by atoms with Gasteiger partial charge in [-0.05, 0) is 31.5 Å². The zero-order valence-electron chi connectivity index (χ0n) is 10.8. The highest BCUT2D eigenvalue weighted by atomic mass is 32.2. The SMILES string of the molecule is CN(C(=O)CSc1ccccc1)C1CCCNC1. The molecule has 1 unspecified atom stereocenters. The molecule has 1 aromatic carbocycles. The third-order valence-corrected chi connectivity index (χ3v) is 4.31. The molecule has 4 heteroatoms. The van der Waals surface area contributed by atoms with Crippen LogP contribution in [0.15, 0.2) is 35.2 Å². The molecule has 3 nitrogen and oxygen atoms in total. The second-order valence-electron chi connectivity index (χ2n) is 4.61. The summed E-state index contributed by atoms with van der Waals surface area (Å²) in [6.07, 6.45) is 2.28. The maximum Gasteiger partial charge on any atom is 0.232 e. The van der Waals surface area contributed by atoms with Crippen LogP contribution < -0.4 is 5.32 Å². The molecule has 0 aliphatic carbocycles. The summed E-state index contributed by atoms with van der Waals surface area (Å²) >= 11 is 1.61. The van der Waals surface area contributed by atoms with Crippen LogP contribution in [-0.4, -0.2) is 42.7 Å². The Balaban J connectivity index is 1.80. The number of thioether (sulfide) groups is 1. The number of likely N-dealkylation sites (N-methyl/N-ethyl adjacent to an activating group) is 1. The molecule has 0 bridgehead atoms. The molecule has 1 aliphatic heterocycles. The van der Waals surface area contributed by atoms with Crippen LogP contribution in [0, 0.1) is 0 Å². The fourth-order valence-electron chi connectivity index (χ4n) is 2.13. The number of hydrogen-bond donors (Lipinski definition) is 1. The van der Waals surface area contributed by atoms with Crippen molar-refractivity contribution in [3.8, 4) is 0 Å². The summed E-state index contributed by atoms with van der Waals surface area (Å²) < 4.78 is 0. The van der Waals surface area contributed by atoms with Crippen molar-refractivity contribution in [3.05, 3.63) is 30.3 Å². The van der Waals surface area contributed by atoms with Crippen molar-refractivity contribution in [2.45, 2.75) is 23.8 Å². The van der Waals surface area contributed by atoms with E-state index in [2.05, 4.69) is 5.32 Å². The average molecular weight is 264 g/mol. The first-order valence-electron chi connectivity index (χ1n) is 6.41. The molecule has 98 valence electrons. The Hall–Kier alpha value is -1.00. The smallest absolute Gasteiger partial charge is 0.232 e. The van der Waals surface area contributed by atoms with E-state index < -0.39 is 0 Å². The monoisotopic (exact) mass is 264 g/mol. The molecule has 1 fully saturated rings. The van der Waals surface area contributed by atoms with E-state index in [0.29, 0.717) is 11.8 Å². The summed E-state index contributed by atoms with van der Waals surface area (Å²) in [6.45, 7) is 2.01. The number of rotatable bonds is 4. The van der Waals surface area contributed by atoms with Gasteiger partial charge in [-0.2, -0.15) is 0 Å². The molecule has 18 heavy (non-hydrogen) atoms. The maximum absolute atomic E-state index is 12.1. The minimum Gasteiger partial charge on any atom is -0.341 e. The predicted molar refractivity (Wildman–Crippen MR) is 75.8 cm³/mol. The highest BCUT2D eigenvalue weighted by Gasteiger charge is 2.21. The predicted octanol–water partition coefficient (Wildman–Crippen LogP) is 1.99. The molecular formula is C14H20N2OS. The number of nitrogens with one attached hydrogen (secondary N) is 1. The minimum absolute atomic E-state index is 0.220. The molecule has 1 atom stereocenters. The van der Waals surface area contributed by atoms with Gasteiger partial charge in [0.05, 0.1) is 5.75 Å². The zero-order valence-corrected chi connectivity index (χ0v) is 11.6. The minimum atomic E-state index is 0.220. The Labute approximate surface area is 113 Å². The Morgan fingerprint density at radius 3 is 2.89 bits per heavy atom. The Morgan fingerprint density at radius 1 is 1.44 bits per heavy atom. The fourth-order valence-corrected chi connectivity index (χ4v) is 2.97. The zero-order chi connectivity index (χ0) is 12.8. The number of hydrogen-bond acceptors (Lipinski definition) is 3. The third-order valence-electron chi connectivity index (χ3n) is 3.32. The van der Waals surface area contributed by atoms with Crippen LogP contribution in [0.5, 0.6) is 0 Å². The van der Waals surface area contributed by atoms with Crippen LogP contribution in [0.2, 0.25) is 0 Å². The van der Waals surface area contributed by atoms with E-state index >= 15 is 0 Å². The van der Waals surface area contributed by atoms with Gasteiger partial charge >= 0.3 is 0 Å². The van der Waals surface area contributed by atoms with Crippen molar-refractivity contribution in [2.75, 3.05) is 25.9 Å². The molecule has 1 aromatic rings. The fraction of sp³-hybridized carbons (Fsp3) is 0.500. The van der Waals surface area contributed by atoms with Gasteiger partial charge in [0.1, 0.15) is 0 Å². The molecule has 0 spiro atoms. The van der Waals surface area contributed by atoms with E-state index in [1.54, 1.807) is 11.8 Å². The Bertz CT molecular complexity index is 377. The van der Waals surface area contributed by atoms with Crippen LogP contribution in [0.1, 0.15) is 12.8 Å². The van der Waals surface area contributed by atoms with Crippen molar-refractivity contribution < 1.29 is 4.79 Å². The summed E-state index contributed by atoms with van der Waals surface area (Å²) in [7, 11) is 1.92. The van der Waals surface area contributed by atoms with Gasteiger partial charge in [-0.1, -0.05) is 18.2 Å². The quantitative estimate of drug-likeness (QED) is 0.844. The van der Waals surface area contributed by atoms with Crippen molar-refractivity contribution >= 4 is 17.7 Å². The molecule has 0 radical (unpaired) electrons. The first-order chi connectivity index (χ1) is 8.77. The molecule has 1 N–H and O–H groups in total. The Kier molecular flexibility index (Phi) is 5.08. The van der Waals surface area contributed by atoms with E-state index in [1.165, 1.54) is 0 Å². The maximum atomic E-state index is 12.1. The molecule has 0 saturated carbocycles. The topological polar surface area (TPSA) is 32.3 Å². The summed E-state index contributed by atoms with van der Waals surface area (Å²) in [6, 6.07) is 10.4. The first-order valence-corrected chi connectivity index (χ1v) is 7.40. The lowest BCUT2D eigenvalue weighted by molar-refractivity contribution is -0.129. The van der Waals surface area contributed by atoms with Crippen molar-refractivity contribution in [2.24, 2.45) is 0 Å². The van der Waals surface area contributed by atoms with E-state index in [4.69, 9.17) is 0 Å².